The van der Waals surface area contributed by atoms with Crippen molar-refractivity contribution in [1.82, 2.24) is 4.90 Å². The minimum Gasteiger partial charge on any atom is -0.304 e. The molecule has 0 amide bonds. The molecule has 0 spiro atoms. The Labute approximate surface area is 82.9 Å². The second kappa shape index (κ2) is 5.87. The van der Waals surface area contributed by atoms with Crippen molar-refractivity contribution < 1.29 is 0 Å². The molecule has 0 N–H and O–H groups in total. The van der Waals surface area contributed by atoms with Gasteiger partial charge in [0.1, 0.15) is 0 Å². The van der Waals surface area contributed by atoms with Gasteiger partial charge in [0.15, 0.2) is 0 Å². The minimum atomic E-state index is 0.645. The van der Waals surface area contributed by atoms with Gasteiger partial charge in [0.2, 0.25) is 0 Å². The lowest BCUT2D eigenvalue weighted by Gasteiger charge is -2.28. The number of thiol groups is 1. The van der Waals surface area contributed by atoms with E-state index >= 15 is 0 Å². The molecule has 1 nitrogen and oxygen atoms in total. The molecule has 1 unspecified atom stereocenters. The fourth-order valence-electron chi connectivity index (χ4n) is 1.06. The molecule has 0 aromatic carbocycles. The van der Waals surface area contributed by atoms with E-state index in [2.05, 4.69) is 52.3 Å². The van der Waals surface area contributed by atoms with Crippen LogP contribution < -0.4 is 0 Å². The highest BCUT2D eigenvalue weighted by Gasteiger charge is 2.15. The average Bonchev–Trinajstić information content (AvgIpc) is 1.98. The van der Waals surface area contributed by atoms with Crippen molar-refractivity contribution in [1.29, 1.82) is 0 Å². The summed E-state index contributed by atoms with van der Waals surface area (Å²) in [5, 5.41) is 0. The Balaban J connectivity index is 3.85. The van der Waals surface area contributed by atoms with Crippen molar-refractivity contribution in [2.75, 3.05) is 19.3 Å². The molecule has 1 atom stereocenters. The molecule has 0 fully saturated rings. The van der Waals surface area contributed by atoms with Crippen LogP contribution in [-0.2, 0) is 0 Å². The van der Waals surface area contributed by atoms with Gasteiger partial charge >= 0.3 is 0 Å². The molecule has 0 aromatic rings. The molecule has 0 saturated heterocycles. The lowest BCUT2D eigenvalue weighted by Crippen LogP contribution is -2.34. The summed E-state index contributed by atoms with van der Waals surface area (Å²) < 4.78 is 0. The van der Waals surface area contributed by atoms with Crippen molar-refractivity contribution in [2.24, 2.45) is 11.8 Å². The Kier molecular flexibility index (Phi) is 6.02. The fraction of sp³-hybridized carbons (Fsp3) is 1.00. The first kappa shape index (κ1) is 12.3. The van der Waals surface area contributed by atoms with Gasteiger partial charge in [-0.25, -0.2) is 0 Å². The van der Waals surface area contributed by atoms with Gasteiger partial charge in [0.25, 0.3) is 0 Å². The highest BCUT2D eigenvalue weighted by molar-refractivity contribution is 7.80. The summed E-state index contributed by atoms with van der Waals surface area (Å²) in [4.78, 5) is 2.39. The van der Waals surface area contributed by atoms with Gasteiger partial charge in [-0.2, -0.15) is 12.6 Å². The highest BCUT2D eigenvalue weighted by Crippen LogP contribution is 2.14. The zero-order valence-electron chi connectivity index (χ0n) is 9.04. The van der Waals surface area contributed by atoms with E-state index in [1.807, 2.05) is 0 Å². The lowest BCUT2D eigenvalue weighted by atomic mass is 9.97. The normalized spacial score (nSPS) is 14.8. The Bertz CT molecular complexity index is 112. The van der Waals surface area contributed by atoms with Crippen molar-refractivity contribution in [3.05, 3.63) is 0 Å². The summed E-state index contributed by atoms with van der Waals surface area (Å²) in [6.45, 7) is 10.2. The molecule has 0 bridgehead atoms. The van der Waals surface area contributed by atoms with Crippen molar-refractivity contribution in [3.63, 3.8) is 0 Å². The first-order valence-corrected chi connectivity index (χ1v) is 5.43. The van der Waals surface area contributed by atoms with Gasteiger partial charge in [0, 0.05) is 12.6 Å². The van der Waals surface area contributed by atoms with Crippen LogP contribution in [-0.4, -0.2) is 30.3 Å². The molecular weight excluding hydrogens is 166 g/mol. The third-order valence-corrected chi connectivity index (χ3v) is 3.05. The molecule has 2 heteroatoms. The summed E-state index contributed by atoms with van der Waals surface area (Å²) in [5.41, 5.74) is 0. The Morgan fingerprint density at radius 3 is 1.92 bits per heavy atom. The SMILES string of the molecule is CC(C)C(CS)CN(C)C(C)C. The third-order valence-electron chi connectivity index (χ3n) is 2.58. The molecule has 0 saturated carbocycles. The van der Waals surface area contributed by atoms with Gasteiger partial charge in [-0.15, -0.1) is 0 Å². The van der Waals surface area contributed by atoms with Gasteiger partial charge in [0.05, 0.1) is 0 Å². The molecule has 0 heterocycles. The Morgan fingerprint density at radius 1 is 1.17 bits per heavy atom. The predicted molar refractivity (Wildman–Crippen MR) is 59.9 cm³/mol. The number of hydrogen-bond acceptors (Lipinski definition) is 2. The Morgan fingerprint density at radius 2 is 1.67 bits per heavy atom. The second-order valence-corrected chi connectivity index (χ2v) is 4.59. The van der Waals surface area contributed by atoms with E-state index in [9.17, 15) is 0 Å². The molecule has 0 aromatic heterocycles. The van der Waals surface area contributed by atoms with Crippen LogP contribution in [0.3, 0.4) is 0 Å². The van der Waals surface area contributed by atoms with Crippen LogP contribution >= 0.6 is 12.6 Å². The maximum Gasteiger partial charge on any atom is 0.00356 e. The molecule has 74 valence electrons. The number of hydrogen-bond donors (Lipinski definition) is 1. The monoisotopic (exact) mass is 189 g/mol. The van der Waals surface area contributed by atoms with E-state index < -0.39 is 0 Å². The number of nitrogens with zero attached hydrogens (tertiary/aromatic N) is 1. The predicted octanol–water partition coefficient (Wildman–Crippen LogP) is 2.53. The first-order valence-electron chi connectivity index (χ1n) is 4.80. The van der Waals surface area contributed by atoms with E-state index in [0.717, 1.165) is 17.6 Å². The van der Waals surface area contributed by atoms with Gasteiger partial charge < -0.3 is 4.90 Å². The maximum absolute atomic E-state index is 4.37. The summed E-state index contributed by atoms with van der Waals surface area (Å²) >= 11 is 4.37. The first-order chi connectivity index (χ1) is 5.49. The minimum absolute atomic E-state index is 0.645. The zero-order chi connectivity index (χ0) is 9.72. The van der Waals surface area contributed by atoms with Crippen LogP contribution in [0.5, 0.6) is 0 Å². The van der Waals surface area contributed by atoms with E-state index in [4.69, 9.17) is 0 Å². The molecular formula is C10H23NS. The molecule has 0 rings (SSSR count). The summed E-state index contributed by atoms with van der Waals surface area (Å²) in [5.74, 6) is 2.46. The van der Waals surface area contributed by atoms with Gasteiger partial charge in [-0.3, -0.25) is 0 Å². The van der Waals surface area contributed by atoms with Crippen LogP contribution in [0.2, 0.25) is 0 Å². The lowest BCUT2D eigenvalue weighted by molar-refractivity contribution is 0.214. The van der Waals surface area contributed by atoms with Crippen molar-refractivity contribution in [2.45, 2.75) is 33.7 Å². The van der Waals surface area contributed by atoms with Gasteiger partial charge in [-0.05, 0) is 38.5 Å². The van der Waals surface area contributed by atoms with Gasteiger partial charge in [-0.1, -0.05) is 13.8 Å². The summed E-state index contributed by atoms with van der Waals surface area (Å²) in [6, 6.07) is 0.645. The smallest absolute Gasteiger partial charge is 0.00356 e. The third kappa shape index (κ3) is 4.36. The highest BCUT2D eigenvalue weighted by atomic mass is 32.1. The molecule has 0 aliphatic heterocycles. The fourth-order valence-corrected chi connectivity index (χ4v) is 1.60. The maximum atomic E-state index is 4.37. The van der Waals surface area contributed by atoms with Crippen LogP contribution in [0.15, 0.2) is 0 Å². The van der Waals surface area contributed by atoms with Crippen molar-refractivity contribution >= 4 is 12.6 Å². The van der Waals surface area contributed by atoms with E-state index in [1.165, 1.54) is 6.54 Å². The van der Waals surface area contributed by atoms with E-state index in [-0.39, 0.29) is 0 Å². The number of rotatable bonds is 5. The average molecular weight is 189 g/mol. The van der Waals surface area contributed by atoms with Crippen molar-refractivity contribution in [3.8, 4) is 0 Å². The molecule has 0 aliphatic carbocycles. The van der Waals surface area contributed by atoms with Crippen LogP contribution in [0.1, 0.15) is 27.7 Å². The molecule has 0 aliphatic rings. The van der Waals surface area contributed by atoms with Crippen LogP contribution in [0, 0.1) is 11.8 Å². The largest absolute Gasteiger partial charge is 0.304 e. The molecule has 0 radical (unpaired) electrons. The zero-order valence-corrected chi connectivity index (χ0v) is 9.94. The summed E-state index contributed by atoms with van der Waals surface area (Å²) in [7, 11) is 2.18. The van der Waals surface area contributed by atoms with Crippen LogP contribution in [0.25, 0.3) is 0 Å². The summed E-state index contributed by atoms with van der Waals surface area (Å²) in [6.07, 6.45) is 0. The van der Waals surface area contributed by atoms with E-state index in [0.29, 0.717) is 6.04 Å². The second-order valence-electron chi connectivity index (χ2n) is 4.22. The van der Waals surface area contributed by atoms with Crippen LogP contribution in [0.4, 0.5) is 0 Å². The topological polar surface area (TPSA) is 3.24 Å². The standard InChI is InChI=1S/C10H23NS/c1-8(2)10(7-12)6-11(5)9(3)4/h8-10,12H,6-7H2,1-5H3. The molecule has 12 heavy (non-hydrogen) atoms. The Hall–Kier alpha value is 0.310. The van der Waals surface area contributed by atoms with E-state index in [1.54, 1.807) is 0 Å². The quantitative estimate of drug-likeness (QED) is 0.651.